The van der Waals surface area contributed by atoms with E-state index in [1.165, 1.54) is 0 Å². The van der Waals surface area contributed by atoms with Gasteiger partial charge in [0.25, 0.3) is 0 Å². The van der Waals surface area contributed by atoms with Gasteiger partial charge < -0.3 is 24.7 Å². The van der Waals surface area contributed by atoms with E-state index in [1.807, 2.05) is 18.2 Å². The fourth-order valence-electron chi connectivity index (χ4n) is 2.90. The molecular formula is C18H24N4O3. The molecule has 2 aromatic heterocycles. The lowest BCUT2D eigenvalue weighted by atomic mass is 10.2. The van der Waals surface area contributed by atoms with Crippen molar-refractivity contribution >= 4 is 11.8 Å². The second-order valence-corrected chi connectivity index (χ2v) is 6.30. The third-order valence-corrected chi connectivity index (χ3v) is 4.01. The minimum absolute atomic E-state index is 0.199. The molecule has 2 atom stereocenters. The quantitative estimate of drug-likeness (QED) is 0.870. The van der Waals surface area contributed by atoms with E-state index in [2.05, 4.69) is 34.4 Å². The molecule has 2 unspecified atom stereocenters. The summed E-state index contributed by atoms with van der Waals surface area (Å²) in [6, 6.07) is 7.34. The number of rotatable bonds is 5. The van der Waals surface area contributed by atoms with Gasteiger partial charge in [-0.3, -0.25) is 0 Å². The van der Waals surface area contributed by atoms with Crippen LogP contribution in [0.5, 0.6) is 0 Å². The van der Waals surface area contributed by atoms with Crippen molar-refractivity contribution in [3.05, 3.63) is 48.0 Å². The van der Waals surface area contributed by atoms with Gasteiger partial charge in [-0.25, -0.2) is 9.78 Å². The van der Waals surface area contributed by atoms with E-state index < -0.39 is 0 Å². The number of urea groups is 1. The molecule has 25 heavy (non-hydrogen) atoms. The van der Waals surface area contributed by atoms with Crippen molar-refractivity contribution in [1.82, 2.24) is 15.6 Å². The first kappa shape index (κ1) is 17.3. The Morgan fingerprint density at radius 2 is 1.96 bits per heavy atom. The van der Waals surface area contributed by atoms with E-state index in [0.717, 1.165) is 30.2 Å². The van der Waals surface area contributed by atoms with E-state index in [1.54, 1.807) is 18.5 Å². The summed E-state index contributed by atoms with van der Waals surface area (Å²) in [5, 5.41) is 5.55. The molecule has 0 aromatic carbocycles. The third kappa shape index (κ3) is 4.96. The van der Waals surface area contributed by atoms with Crippen LogP contribution in [0.3, 0.4) is 0 Å². The third-order valence-electron chi connectivity index (χ3n) is 4.01. The van der Waals surface area contributed by atoms with Crippen LogP contribution in [-0.4, -0.2) is 36.3 Å². The van der Waals surface area contributed by atoms with Crippen molar-refractivity contribution in [2.75, 3.05) is 18.0 Å². The minimum atomic E-state index is -0.240. The normalized spacial score (nSPS) is 20.3. The highest BCUT2D eigenvalue weighted by molar-refractivity contribution is 5.73. The summed E-state index contributed by atoms with van der Waals surface area (Å²) < 4.78 is 10.9. The minimum Gasteiger partial charge on any atom is -0.467 e. The molecule has 7 heteroatoms. The Hall–Kier alpha value is -2.54. The average Bonchev–Trinajstić information content (AvgIpc) is 3.11. The van der Waals surface area contributed by atoms with E-state index >= 15 is 0 Å². The highest BCUT2D eigenvalue weighted by Gasteiger charge is 2.22. The van der Waals surface area contributed by atoms with Gasteiger partial charge >= 0.3 is 6.03 Å². The summed E-state index contributed by atoms with van der Waals surface area (Å²) in [6.07, 6.45) is 3.78. The summed E-state index contributed by atoms with van der Waals surface area (Å²) in [5.74, 6) is 1.66. The Morgan fingerprint density at radius 3 is 2.60 bits per heavy atom. The number of anilines is 1. The van der Waals surface area contributed by atoms with Gasteiger partial charge in [-0.05, 0) is 37.6 Å². The molecule has 0 bridgehead atoms. The number of morpholine rings is 1. The van der Waals surface area contributed by atoms with E-state index in [4.69, 9.17) is 9.15 Å². The predicted octanol–water partition coefficient (Wildman–Crippen LogP) is 2.29. The lowest BCUT2D eigenvalue weighted by molar-refractivity contribution is -0.00546. The Bertz CT molecular complexity index is 662. The average molecular weight is 344 g/mol. The smallest absolute Gasteiger partial charge is 0.315 e. The first-order chi connectivity index (χ1) is 12.1. The van der Waals surface area contributed by atoms with Crippen molar-refractivity contribution in [2.45, 2.75) is 39.1 Å². The zero-order valence-electron chi connectivity index (χ0n) is 14.6. The molecule has 1 aliphatic rings. The molecule has 0 aliphatic carbocycles. The van der Waals surface area contributed by atoms with Gasteiger partial charge in [0.1, 0.15) is 11.6 Å². The van der Waals surface area contributed by atoms with Gasteiger partial charge in [0.05, 0.1) is 25.0 Å². The van der Waals surface area contributed by atoms with Crippen LogP contribution in [0.15, 0.2) is 41.1 Å². The number of ether oxygens (including phenoxy) is 1. The summed E-state index contributed by atoms with van der Waals surface area (Å²) in [5.41, 5.74) is 0.950. The maximum atomic E-state index is 11.8. The number of carbonyl (C=O) groups excluding carboxylic acids is 1. The SMILES string of the molecule is CC1CN(c2ccc(CNC(=O)NCc3ccco3)cn2)CC(C)O1. The summed E-state index contributed by atoms with van der Waals surface area (Å²) in [4.78, 5) is 18.5. The molecule has 3 heterocycles. The number of nitrogens with one attached hydrogen (secondary N) is 2. The maximum absolute atomic E-state index is 11.8. The molecule has 2 amide bonds. The molecule has 0 saturated carbocycles. The Kier molecular flexibility index (Phi) is 5.55. The van der Waals surface area contributed by atoms with Gasteiger partial charge in [-0.1, -0.05) is 6.07 Å². The van der Waals surface area contributed by atoms with Crippen LogP contribution in [0, 0.1) is 0 Å². The molecule has 1 aliphatic heterocycles. The standard InChI is InChI=1S/C18H24N4O3/c1-13-11-22(12-14(2)25-13)17-6-5-15(8-19-17)9-20-18(23)21-10-16-4-3-7-24-16/h3-8,13-14H,9-12H2,1-2H3,(H2,20,21,23). The van der Waals surface area contributed by atoms with E-state index in [-0.39, 0.29) is 18.2 Å². The maximum Gasteiger partial charge on any atom is 0.315 e. The van der Waals surface area contributed by atoms with E-state index in [9.17, 15) is 4.79 Å². The zero-order chi connectivity index (χ0) is 17.6. The van der Waals surface area contributed by atoms with Gasteiger partial charge in [0.15, 0.2) is 0 Å². The summed E-state index contributed by atoms with van der Waals surface area (Å²) in [7, 11) is 0. The Morgan fingerprint density at radius 1 is 1.20 bits per heavy atom. The fourth-order valence-corrected chi connectivity index (χ4v) is 2.90. The molecular weight excluding hydrogens is 320 g/mol. The largest absolute Gasteiger partial charge is 0.467 e. The Labute approximate surface area is 147 Å². The van der Waals surface area contributed by atoms with Crippen LogP contribution in [0.4, 0.5) is 10.6 Å². The summed E-state index contributed by atoms with van der Waals surface area (Å²) in [6.45, 7) is 6.61. The molecule has 7 nitrogen and oxygen atoms in total. The van der Waals surface area contributed by atoms with Crippen molar-refractivity contribution < 1.29 is 13.9 Å². The van der Waals surface area contributed by atoms with Crippen molar-refractivity contribution in [3.63, 3.8) is 0 Å². The topological polar surface area (TPSA) is 79.6 Å². The van der Waals surface area contributed by atoms with Crippen LogP contribution in [-0.2, 0) is 17.8 Å². The van der Waals surface area contributed by atoms with Crippen LogP contribution in [0.2, 0.25) is 0 Å². The molecule has 2 N–H and O–H groups in total. The van der Waals surface area contributed by atoms with E-state index in [0.29, 0.717) is 13.1 Å². The highest BCUT2D eigenvalue weighted by Crippen LogP contribution is 2.18. The van der Waals surface area contributed by atoms with Crippen molar-refractivity contribution in [2.24, 2.45) is 0 Å². The van der Waals surface area contributed by atoms with Crippen LogP contribution in [0.25, 0.3) is 0 Å². The molecule has 134 valence electrons. The fraction of sp³-hybridized carbons (Fsp3) is 0.444. The Balaban J connectivity index is 1.46. The molecule has 3 rings (SSSR count). The summed E-state index contributed by atoms with van der Waals surface area (Å²) >= 11 is 0. The first-order valence-corrected chi connectivity index (χ1v) is 8.49. The molecule has 0 radical (unpaired) electrons. The molecule has 2 aromatic rings. The van der Waals surface area contributed by atoms with Crippen LogP contribution < -0.4 is 15.5 Å². The number of nitrogens with zero attached hydrogens (tertiary/aromatic N) is 2. The highest BCUT2D eigenvalue weighted by atomic mass is 16.5. The van der Waals surface area contributed by atoms with Crippen molar-refractivity contribution in [3.8, 4) is 0 Å². The number of carbonyl (C=O) groups is 1. The lowest BCUT2D eigenvalue weighted by Gasteiger charge is -2.36. The number of pyridine rings is 1. The predicted molar refractivity (Wildman–Crippen MR) is 94.2 cm³/mol. The number of amides is 2. The zero-order valence-corrected chi connectivity index (χ0v) is 14.6. The number of furan rings is 1. The van der Waals surface area contributed by atoms with Gasteiger partial charge in [-0.2, -0.15) is 0 Å². The number of aromatic nitrogens is 1. The molecule has 1 saturated heterocycles. The molecule has 0 spiro atoms. The number of hydrogen-bond donors (Lipinski definition) is 2. The number of hydrogen-bond acceptors (Lipinski definition) is 5. The van der Waals surface area contributed by atoms with Crippen molar-refractivity contribution in [1.29, 1.82) is 0 Å². The first-order valence-electron chi connectivity index (χ1n) is 8.49. The van der Waals surface area contributed by atoms with Crippen LogP contribution >= 0.6 is 0 Å². The lowest BCUT2D eigenvalue weighted by Crippen LogP contribution is -2.45. The molecule has 1 fully saturated rings. The van der Waals surface area contributed by atoms with Gasteiger partial charge in [0, 0.05) is 25.8 Å². The van der Waals surface area contributed by atoms with Gasteiger partial charge in [0.2, 0.25) is 0 Å². The second kappa shape index (κ2) is 8.02. The van der Waals surface area contributed by atoms with Crippen LogP contribution in [0.1, 0.15) is 25.2 Å². The second-order valence-electron chi connectivity index (χ2n) is 6.30. The monoisotopic (exact) mass is 344 g/mol. The van der Waals surface area contributed by atoms with Gasteiger partial charge in [-0.15, -0.1) is 0 Å².